The zero-order valence-corrected chi connectivity index (χ0v) is 25.4. The number of carbonyl (C=O) groups is 1. The van der Waals surface area contributed by atoms with Gasteiger partial charge in [0.2, 0.25) is 0 Å². The van der Waals surface area contributed by atoms with Gasteiger partial charge in [-0.3, -0.25) is 4.79 Å². The van der Waals surface area contributed by atoms with E-state index in [0.717, 1.165) is 38.5 Å². The molecule has 2 bridgehead atoms. The van der Waals surface area contributed by atoms with Gasteiger partial charge in [-0.05, 0) is 73.5 Å². The van der Waals surface area contributed by atoms with Gasteiger partial charge < -0.3 is 54.7 Å². The fourth-order valence-electron chi connectivity index (χ4n) is 10.4. The van der Waals surface area contributed by atoms with Crippen LogP contribution in [-0.2, 0) is 23.7 Å². The van der Waals surface area contributed by atoms with Crippen molar-refractivity contribution < 1.29 is 59.5 Å². The maximum absolute atomic E-state index is 12.9. The van der Waals surface area contributed by atoms with Crippen LogP contribution in [0.2, 0.25) is 0 Å². The van der Waals surface area contributed by atoms with Crippen molar-refractivity contribution >= 4 is 5.78 Å². The third kappa shape index (κ3) is 4.95. The minimum absolute atomic E-state index is 0.0174. The number of ketones is 1. The zero-order chi connectivity index (χ0) is 31.2. The van der Waals surface area contributed by atoms with Crippen LogP contribution in [0.4, 0.5) is 0 Å². The lowest BCUT2D eigenvalue weighted by molar-refractivity contribution is -0.317. The van der Waals surface area contributed by atoms with E-state index in [9.17, 15) is 40.5 Å². The van der Waals surface area contributed by atoms with Gasteiger partial charge in [-0.15, -0.1) is 0 Å². The lowest BCUT2D eigenvalue weighted by atomic mass is 9.41. The smallest absolute Gasteiger partial charge is 0.186 e. The second-order valence-electron chi connectivity index (χ2n) is 15.5. The molecule has 0 aromatic carbocycles. The second kappa shape index (κ2) is 10.9. The van der Waals surface area contributed by atoms with E-state index in [-0.39, 0.29) is 42.0 Å². The van der Waals surface area contributed by atoms with Crippen molar-refractivity contribution in [3.05, 3.63) is 0 Å². The SMILES string of the molecule is CC1(C)C(=O)CC[C@]2(C)[C@@H]1CC[C@@]13C[C@@H](CC[C@H]12)[C@@](O)(CO[C@@H]1O[C@H](CO[C@@H]2OC[C@](O)(CO)[C@H]2O)[C@@H](O)[C@H](O)[C@H]1O)C3. The number of carbonyl (C=O) groups excluding carboxylic acids is 1. The highest BCUT2D eigenvalue weighted by Gasteiger charge is 2.68. The molecule has 2 saturated heterocycles. The number of fused-ring (bicyclic) bond motifs is 3. The molecule has 12 nitrogen and oxygen atoms in total. The van der Waals surface area contributed by atoms with Crippen LogP contribution in [-0.4, -0.2) is 122 Å². The fraction of sp³-hybridized carbons (Fsp3) is 0.968. The van der Waals surface area contributed by atoms with Crippen LogP contribution in [0.5, 0.6) is 0 Å². The van der Waals surface area contributed by atoms with E-state index in [0.29, 0.717) is 30.5 Å². The van der Waals surface area contributed by atoms with Crippen molar-refractivity contribution in [3.8, 4) is 0 Å². The van der Waals surface area contributed by atoms with Gasteiger partial charge >= 0.3 is 0 Å². The Kier molecular flexibility index (Phi) is 8.16. The van der Waals surface area contributed by atoms with Crippen molar-refractivity contribution in [3.63, 3.8) is 0 Å². The molecule has 14 atom stereocenters. The summed E-state index contributed by atoms with van der Waals surface area (Å²) in [7, 11) is 0. The van der Waals surface area contributed by atoms with Crippen LogP contribution in [0.1, 0.15) is 72.1 Å². The number of ether oxygens (including phenoxy) is 4. The van der Waals surface area contributed by atoms with Crippen molar-refractivity contribution in [2.45, 2.75) is 126 Å². The second-order valence-corrected chi connectivity index (χ2v) is 15.5. The van der Waals surface area contributed by atoms with E-state index in [1.54, 1.807) is 0 Å². The first-order valence-corrected chi connectivity index (χ1v) is 15.9. The predicted molar refractivity (Wildman–Crippen MR) is 148 cm³/mol. The molecule has 0 amide bonds. The largest absolute Gasteiger partial charge is 0.393 e. The standard InChI is InChI=1S/C31H50O12/c1-27(2)18-6-9-29-10-16(4-5-19(29)28(18,3)8-7-20(27)33)30(38,12-29)14-41-25-23(36)22(35)21(34)17(43-25)11-40-26-24(37)31(39,13-32)15-42-26/h16-19,21-26,32,34-39H,4-15H2,1-3H3/t16-,17-,18-,19+,21-,22+,23-,24+,25-,26-,28-,29+,30+,31-/m1/s1. The highest BCUT2D eigenvalue weighted by atomic mass is 16.7. The van der Waals surface area contributed by atoms with Crippen molar-refractivity contribution in [2.75, 3.05) is 26.4 Å². The van der Waals surface area contributed by atoms with E-state index >= 15 is 0 Å². The number of Topliss-reactive ketones (excluding diaryl/α,β-unsaturated/α-hetero) is 1. The van der Waals surface area contributed by atoms with E-state index in [1.807, 2.05) is 0 Å². The lowest BCUT2D eigenvalue weighted by Crippen LogP contribution is -2.60. The molecule has 0 aromatic heterocycles. The number of hydrogen-bond acceptors (Lipinski definition) is 12. The maximum Gasteiger partial charge on any atom is 0.186 e. The minimum Gasteiger partial charge on any atom is -0.393 e. The van der Waals surface area contributed by atoms with Crippen molar-refractivity contribution in [1.29, 1.82) is 0 Å². The molecule has 6 fully saturated rings. The molecule has 2 heterocycles. The Morgan fingerprint density at radius 2 is 1.63 bits per heavy atom. The van der Waals surface area contributed by atoms with E-state index in [2.05, 4.69) is 20.8 Å². The monoisotopic (exact) mass is 614 g/mol. The first-order chi connectivity index (χ1) is 20.1. The molecule has 0 aromatic rings. The van der Waals surface area contributed by atoms with E-state index < -0.39 is 60.9 Å². The summed E-state index contributed by atoms with van der Waals surface area (Å²) in [4.78, 5) is 12.9. The van der Waals surface area contributed by atoms with Gasteiger partial charge in [-0.2, -0.15) is 0 Å². The average Bonchev–Trinajstić information content (AvgIpc) is 3.37. The Hall–Kier alpha value is -0.770. The van der Waals surface area contributed by atoms with Gasteiger partial charge in [-0.25, -0.2) is 0 Å². The summed E-state index contributed by atoms with van der Waals surface area (Å²) in [5.41, 5.74) is -3.38. The van der Waals surface area contributed by atoms with Crippen molar-refractivity contribution in [1.82, 2.24) is 0 Å². The molecule has 0 unspecified atom stereocenters. The van der Waals surface area contributed by atoms with E-state index in [1.165, 1.54) is 0 Å². The van der Waals surface area contributed by atoms with Crippen molar-refractivity contribution in [2.24, 2.45) is 34.0 Å². The number of hydrogen-bond donors (Lipinski definition) is 7. The molecule has 12 heteroatoms. The topological polar surface area (TPSA) is 196 Å². The molecule has 7 N–H and O–H groups in total. The van der Waals surface area contributed by atoms with Gasteiger partial charge in [0, 0.05) is 11.8 Å². The molecule has 43 heavy (non-hydrogen) atoms. The molecule has 246 valence electrons. The summed E-state index contributed by atoms with van der Waals surface area (Å²) in [6, 6.07) is 0. The Morgan fingerprint density at radius 1 is 0.884 bits per heavy atom. The van der Waals surface area contributed by atoms with Gasteiger partial charge in [-0.1, -0.05) is 20.8 Å². The molecular weight excluding hydrogens is 564 g/mol. The van der Waals surface area contributed by atoms with Crippen LogP contribution >= 0.6 is 0 Å². The highest BCUT2D eigenvalue weighted by Crippen LogP contribution is 2.72. The molecule has 1 spiro atoms. The summed E-state index contributed by atoms with van der Waals surface area (Å²) >= 11 is 0. The molecule has 6 rings (SSSR count). The molecule has 6 aliphatic rings. The number of rotatable bonds is 7. The summed E-state index contributed by atoms with van der Waals surface area (Å²) < 4.78 is 22.5. The summed E-state index contributed by atoms with van der Waals surface area (Å²) in [6.45, 7) is 5.02. The summed E-state index contributed by atoms with van der Waals surface area (Å²) in [5, 5.41) is 73.5. The number of aliphatic hydroxyl groups is 7. The first-order valence-electron chi connectivity index (χ1n) is 15.9. The third-order valence-electron chi connectivity index (χ3n) is 12.8. The molecule has 4 aliphatic carbocycles. The Balaban J connectivity index is 1.11. The highest BCUT2D eigenvalue weighted by molar-refractivity contribution is 5.85. The van der Waals surface area contributed by atoms with Crippen LogP contribution in [0.15, 0.2) is 0 Å². The van der Waals surface area contributed by atoms with Gasteiger partial charge in [0.1, 0.15) is 41.9 Å². The van der Waals surface area contributed by atoms with Crippen LogP contribution in [0.25, 0.3) is 0 Å². The first kappa shape index (κ1) is 32.2. The van der Waals surface area contributed by atoms with E-state index in [4.69, 9.17) is 18.9 Å². The molecule has 2 aliphatic heterocycles. The molecule has 0 radical (unpaired) electrons. The lowest BCUT2D eigenvalue weighted by Gasteiger charge is -2.63. The van der Waals surface area contributed by atoms with Crippen LogP contribution < -0.4 is 0 Å². The fourth-order valence-corrected chi connectivity index (χ4v) is 10.4. The predicted octanol–water partition coefficient (Wildman–Crippen LogP) is -0.389. The summed E-state index contributed by atoms with van der Waals surface area (Å²) in [6.07, 6.45) is -3.39. The van der Waals surface area contributed by atoms with Crippen LogP contribution in [0.3, 0.4) is 0 Å². The minimum atomic E-state index is -1.88. The summed E-state index contributed by atoms with van der Waals surface area (Å²) in [5.74, 6) is 1.10. The average molecular weight is 615 g/mol. The molecule has 4 saturated carbocycles. The Morgan fingerprint density at radius 3 is 2.33 bits per heavy atom. The number of aliphatic hydroxyl groups excluding tert-OH is 5. The quantitative estimate of drug-likeness (QED) is 0.197. The molecular formula is C31H50O12. The normalized spacial score (nSPS) is 54.3. The zero-order valence-electron chi connectivity index (χ0n) is 25.4. The Labute approximate surface area is 252 Å². The van der Waals surface area contributed by atoms with Gasteiger partial charge in [0.05, 0.1) is 32.0 Å². The van der Waals surface area contributed by atoms with Crippen LogP contribution in [0, 0.1) is 34.0 Å². The van der Waals surface area contributed by atoms with Gasteiger partial charge in [0.15, 0.2) is 12.6 Å². The third-order valence-corrected chi connectivity index (χ3v) is 12.8. The Bertz CT molecular complexity index is 1070. The maximum atomic E-state index is 12.9. The van der Waals surface area contributed by atoms with Gasteiger partial charge in [0.25, 0.3) is 0 Å².